The van der Waals surface area contributed by atoms with Crippen LogP contribution >= 0.6 is 11.3 Å². The normalized spacial score (nSPS) is 20.6. The molecule has 1 aliphatic rings. The molecule has 1 aromatic carbocycles. The third-order valence-corrected chi connectivity index (χ3v) is 5.56. The van der Waals surface area contributed by atoms with Gasteiger partial charge < -0.3 is 19.9 Å². The minimum absolute atomic E-state index is 0.0281. The van der Waals surface area contributed by atoms with Crippen molar-refractivity contribution >= 4 is 39.6 Å². The highest BCUT2D eigenvalue weighted by Gasteiger charge is 2.41. The van der Waals surface area contributed by atoms with Crippen molar-refractivity contribution in [2.75, 3.05) is 12.3 Å². The van der Waals surface area contributed by atoms with Crippen molar-refractivity contribution < 1.29 is 23.8 Å². The summed E-state index contributed by atoms with van der Waals surface area (Å²) in [5.74, 6) is -1.27. The van der Waals surface area contributed by atoms with Gasteiger partial charge in [0.2, 0.25) is 5.95 Å². The van der Waals surface area contributed by atoms with Crippen molar-refractivity contribution in [3.8, 4) is 0 Å². The summed E-state index contributed by atoms with van der Waals surface area (Å²) in [4.78, 5) is 54.4. The number of hydrogen-bond donors (Lipinski definition) is 2. The lowest BCUT2D eigenvalue weighted by Crippen LogP contribution is -2.30. The molecule has 31 heavy (non-hydrogen) atoms. The molecular formula is C19H18N4O7S. The van der Waals surface area contributed by atoms with Crippen LogP contribution in [-0.4, -0.2) is 45.3 Å². The number of aromatic nitrogens is 3. The number of hydrogen-bond acceptors (Lipinski definition) is 10. The Balaban J connectivity index is 1.60. The molecule has 3 N–H and O–H groups in total. The van der Waals surface area contributed by atoms with Gasteiger partial charge >= 0.3 is 16.8 Å². The van der Waals surface area contributed by atoms with Crippen LogP contribution in [0, 0.1) is 0 Å². The molecule has 1 saturated heterocycles. The van der Waals surface area contributed by atoms with Gasteiger partial charge in [0.15, 0.2) is 11.9 Å². The third-order valence-electron chi connectivity index (χ3n) is 4.62. The molecule has 0 aliphatic carbocycles. The van der Waals surface area contributed by atoms with E-state index in [4.69, 9.17) is 19.9 Å². The monoisotopic (exact) mass is 446 g/mol. The molecule has 3 atom stereocenters. The second-order valence-corrected chi connectivity index (χ2v) is 7.80. The third kappa shape index (κ3) is 4.20. The Morgan fingerprint density at radius 3 is 2.77 bits per heavy atom. The Hall–Kier alpha value is -3.51. The van der Waals surface area contributed by atoms with Gasteiger partial charge in [-0.15, -0.1) is 0 Å². The molecule has 12 heteroatoms. The number of carbonyl (C=O) groups is 2. The molecule has 1 unspecified atom stereocenters. The van der Waals surface area contributed by atoms with Crippen LogP contribution in [0.25, 0.3) is 10.3 Å². The molecule has 0 amide bonds. The molecule has 1 aliphatic heterocycles. The van der Waals surface area contributed by atoms with E-state index in [1.807, 2.05) is 0 Å². The van der Waals surface area contributed by atoms with Crippen molar-refractivity contribution in [1.29, 1.82) is 0 Å². The number of thiazole rings is 1. The average molecular weight is 446 g/mol. The number of carbonyl (C=O) groups excluding carboxylic acids is 2. The van der Waals surface area contributed by atoms with Crippen LogP contribution in [0.5, 0.6) is 0 Å². The Morgan fingerprint density at radius 1 is 1.32 bits per heavy atom. The first kappa shape index (κ1) is 20.8. The van der Waals surface area contributed by atoms with Crippen LogP contribution in [-0.2, 0) is 19.0 Å². The molecule has 0 saturated carbocycles. The van der Waals surface area contributed by atoms with E-state index < -0.39 is 40.8 Å². The Morgan fingerprint density at radius 2 is 2.06 bits per heavy atom. The molecule has 3 heterocycles. The quantitative estimate of drug-likeness (QED) is 0.541. The lowest BCUT2D eigenvalue weighted by Gasteiger charge is -2.19. The highest BCUT2D eigenvalue weighted by molar-refractivity contribution is 7.16. The van der Waals surface area contributed by atoms with Gasteiger partial charge in [0, 0.05) is 13.3 Å². The Kier molecular flexibility index (Phi) is 5.57. The molecular weight excluding hydrogens is 428 g/mol. The number of anilines is 1. The zero-order valence-corrected chi connectivity index (χ0v) is 17.1. The molecule has 0 radical (unpaired) electrons. The minimum atomic E-state index is -1.06. The zero-order valence-electron chi connectivity index (χ0n) is 16.3. The summed E-state index contributed by atoms with van der Waals surface area (Å²) in [5, 5.41) is 0. The van der Waals surface area contributed by atoms with Gasteiger partial charge in [0.25, 0.3) is 5.56 Å². The minimum Gasteiger partial charge on any atom is -0.459 e. The van der Waals surface area contributed by atoms with E-state index in [0.29, 0.717) is 16.9 Å². The van der Waals surface area contributed by atoms with Crippen molar-refractivity contribution in [1.82, 2.24) is 14.5 Å². The van der Waals surface area contributed by atoms with Crippen LogP contribution in [0.4, 0.5) is 5.95 Å². The van der Waals surface area contributed by atoms with Crippen LogP contribution in [0.1, 0.15) is 29.9 Å². The second kappa shape index (κ2) is 8.32. The summed E-state index contributed by atoms with van der Waals surface area (Å²) in [6, 6.07) is 8.44. The maximum absolute atomic E-state index is 12.6. The number of ether oxygens (including phenoxy) is 3. The largest absolute Gasteiger partial charge is 0.459 e. The molecule has 11 nitrogen and oxygen atoms in total. The van der Waals surface area contributed by atoms with E-state index in [1.165, 1.54) is 6.92 Å². The summed E-state index contributed by atoms with van der Waals surface area (Å²) in [6.45, 7) is 1.12. The molecule has 0 bridgehead atoms. The maximum atomic E-state index is 12.6. The van der Waals surface area contributed by atoms with Gasteiger partial charge in [-0.05, 0) is 12.1 Å². The van der Waals surface area contributed by atoms with E-state index in [1.54, 1.807) is 30.3 Å². The molecule has 0 spiro atoms. The van der Waals surface area contributed by atoms with Gasteiger partial charge in [-0.2, -0.15) is 4.98 Å². The van der Waals surface area contributed by atoms with Crippen LogP contribution in [0.3, 0.4) is 0 Å². The van der Waals surface area contributed by atoms with Crippen molar-refractivity contribution in [3.63, 3.8) is 0 Å². The fourth-order valence-electron chi connectivity index (χ4n) is 3.37. The molecule has 4 rings (SSSR count). The standard InChI is InChI=1S/C19H18N4O7S/c1-9(24)29-12-7-11(8-28-17(26)10-5-3-2-4-6-10)30-16(12)23-14-13(31-19(23)27)15(25)22-18(20)21-14/h2-6,11-12,16H,7-8H2,1H3,(H3,20,21,22,25)/t11?,12-,16-/m1/s1. The predicted octanol–water partition coefficient (Wildman–Crippen LogP) is 0.805. The fourth-order valence-corrected chi connectivity index (χ4v) is 4.21. The van der Waals surface area contributed by atoms with Crippen molar-refractivity contribution in [2.24, 2.45) is 0 Å². The van der Waals surface area contributed by atoms with E-state index >= 15 is 0 Å². The van der Waals surface area contributed by atoms with Gasteiger partial charge in [-0.25, -0.2) is 4.79 Å². The van der Waals surface area contributed by atoms with Crippen LogP contribution in [0.2, 0.25) is 0 Å². The lowest BCUT2D eigenvalue weighted by molar-refractivity contribution is -0.152. The summed E-state index contributed by atoms with van der Waals surface area (Å²) in [7, 11) is 0. The van der Waals surface area contributed by atoms with Gasteiger partial charge in [-0.1, -0.05) is 29.5 Å². The fraction of sp³-hybridized carbons (Fsp3) is 0.316. The van der Waals surface area contributed by atoms with Crippen molar-refractivity contribution in [3.05, 3.63) is 55.9 Å². The first-order chi connectivity index (χ1) is 14.8. The smallest absolute Gasteiger partial charge is 0.338 e. The Bertz CT molecular complexity index is 1250. The topological polar surface area (TPSA) is 156 Å². The molecule has 1 fully saturated rings. The summed E-state index contributed by atoms with van der Waals surface area (Å²) in [6.07, 6.45) is -2.38. The number of nitrogens with two attached hydrogens (primary N) is 1. The van der Waals surface area contributed by atoms with Crippen LogP contribution < -0.4 is 16.2 Å². The Labute approximate surface area is 178 Å². The van der Waals surface area contributed by atoms with E-state index in [0.717, 1.165) is 4.57 Å². The number of H-pyrrole nitrogens is 1. The number of nitrogens with zero attached hydrogens (tertiary/aromatic N) is 2. The van der Waals surface area contributed by atoms with Gasteiger partial charge in [0.05, 0.1) is 11.7 Å². The summed E-state index contributed by atoms with van der Waals surface area (Å²) < 4.78 is 17.7. The number of benzene rings is 1. The molecule has 3 aromatic rings. The number of esters is 2. The van der Waals surface area contributed by atoms with Crippen molar-refractivity contribution in [2.45, 2.75) is 31.8 Å². The lowest BCUT2D eigenvalue weighted by atomic mass is 10.2. The molecule has 162 valence electrons. The first-order valence-corrected chi connectivity index (χ1v) is 10.1. The van der Waals surface area contributed by atoms with E-state index in [-0.39, 0.29) is 29.3 Å². The zero-order chi connectivity index (χ0) is 22.1. The van der Waals surface area contributed by atoms with Crippen LogP contribution in [0.15, 0.2) is 39.9 Å². The highest BCUT2D eigenvalue weighted by atomic mass is 32.1. The first-order valence-electron chi connectivity index (χ1n) is 9.29. The molecule has 2 aromatic heterocycles. The predicted molar refractivity (Wildman–Crippen MR) is 110 cm³/mol. The second-order valence-electron chi connectivity index (χ2n) is 6.84. The van der Waals surface area contributed by atoms with Gasteiger partial charge in [0.1, 0.15) is 17.4 Å². The van der Waals surface area contributed by atoms with E-state index in [9.17, 15) is 19.2 Å². The number of nitrogens with one attached hydrogen (secondary N) is 1. The maximum Gasteiger partial charge on any atom is 0.338 e. The SMILES string of the molecule is CC(=O)O[C@@H]1CC(COC(=O)c2ccccc2)O[C@H]1n1c(=O)sc2c(=O)[nH]c(N)nc21. The highest BCUT2D eigenvalue weighted by Crippen LogP contribution is 2.33. The summed E-state index contributed by atoms with van der Waals surface area (Å²) >= 11 is 0.678. The summed E-state index contributed by atoms with van der Waals surface area (Å²) in [5.41, 5.74) is 5.47. The van der Waals surface area contributed by atoms with E-state index in [2.05, 4.69) is 9.97 Å². The average Bonchev–Trinajstić information content (AvgIpc) is 3.26. The number of nitrogen functional groups attached to an aromatic ring is 1. The number of rotatable bonds is 5. The number of fused-ring (bicyclic) bond motifs is 1. The van der Waals surface area contributed by atoms with Gasteiger partial charge in [-0.3, -0.25) is 23.9 Å². The number of aromatic amines is 1.